The van der Waals surface area contributed by atoms with Crippen LogP contribution in [0.2, 0.25) is 0 Å². The van der Waals surface area contributed by atoms with Crippen molar-refractivity contribution in [1.29, 1.82) is 0 Å². The SMILES string of the molecule is NCc1ccccc1CNc1cnccn1. The molecule has 4 nitrogen and oxygen atoms in total. The summed E-state index contributed by atoms with van der Waals surface area (Å²) in [4.78, 5) is 8.13. The first-order valence-corrected chi connectivity index (χ1v) is 5.17. The molecule has 0 aliphatic carbocycles. The van der Waals surface area contributed by atoms with Crippen molar-refractivity contribution < 1.29 is 0 Å². The van der Waals surface area contributed by atoms with Crippen molar-refractivity contribution in [2.24, 2.45) is 5.73 Å². The van der Waals surface area contributed by atoms with E-state index < -0.39 is 0 Å². The van der Waals surface area contributed by atoms with Crippen molar-refractivity contribution >= 4 is 5.82 Å². The van der Waals surface area contributed by atoms with Gasteiger partial charge in [0.05, 0.1) is 6.20 Å². The first kappa shape index (κ1) is 10.6. The average molecular weight is 214 g/mol. The van der Waals surface area contributed by atoms with Crippen LogP contribution < -0.4 is 11.1 Å². The van der Waals surface area contributed by atoms with Gasteiger partial charge in [0.1, 0.15) is 5.82 Å². The second kappa shape index (κ2) is 5.23. The molecule has 16 heavy (non-hydrogen) atoms. The Balaban J connectivity index is 2.05. The van der Waals surface area contributed by atoms with Crippen LogP contribution in [-0.2, 0) is 13.1 Å². The van der Waals surface area contributed by atoms with Crippen LogP contribution in [0.1, 0.15) is 11.1 Å². The highest BCUT2D eigenvalue weighted by Crippen LogP contribution is 2.09. The normalized spacial score (nSPS) is 10.1. The van der Waals surface area contributed by atoms with E-state index in [-0.39, 0.29) is 0 Å². The predicted molar refractivity (Wildman–Crippen MR) is 63.7 cm³/mol. The molecule has 0 bridgehead atoms. The zero-order chi connectivity index (χ0) is 11.2. The maximum Gasteiger partial charge on any atom is 0.144 e. The number of aromatic nitrogens is 2. The maximum absolute atomic E-state index is 5.66. The van der Waals surface area contributed by atoms with Gasteiger partial charge in [0.25, 0.3) is 0 Å². The fraction of sp³-hybridized carbons (Fsp3) is 0.167. The molecule has 0 atom stereocenters. The molecule has 0 aliphatic heterocycles. The lowest BCUT2D eigenvalue weighted by molar-refractivity contribution is 0.998. The molecule has 4 heteroatoms. The van der Waals surface area contributed by atoms with Gasteiger partial charge in [-0.3, -0.25) is 4.98 Å². The van der Waals surface area contributed by atoms with Crippen LogP contribution in [-0.4, -0.2) is 9.97 Å². The number of rotatable bonds is 4. The molecule has 0 fully saturated rings. The van der Waals surface area contributed by atoms with Gasteiger partial charge in [-0.05, 0) is 11.1 Å². The molecule has 0 aliphatic rings. The molecule has 82 valence electrons. The predicted octanol–water partition coefficient (Wildman–Crippen LogP) is 1.55. The van der Waals surface area contributed by atoms with Gasteiger partial charge >= 0.3 is 0 Å². The standard InChI is InChI=1S/C12H14N4/c13-7-10-3-1-2-4-11(10)8-16-12-9-14-5-6-15-12/h1-6,9H,7-8,13H2,(H,15,16). The van der Waals surface area contributed by atoms with Crippen molar-refractivity contribution in [3.05, 3.63) is 54.0 Å². The summed E-state index contributed by atoms with van der Waals surface area (Å²) < 4.78 is 0. The highest BCUT2D eigenvalue weighted by Gasteiger charge is 1.99. The summed E-state index contributed by atoms with van der Waals surface area (Å²) >= 11 is 0. The van der Waals surface area contributed by atoms with E-state index >= 15 is 0 Å². The average Bonchev–Trinajstić information content (AvgIpc) is 2.38. The molecule has 0 spiro atoms. The maximum atomic E-state index is 5.66. The number of hydrogen-bond donors (Lipinski definition) is 2. The summed E-state index contributed by atoms with van der Waals surface area (Å²) in [6.45, 7) is 1.27. The molecular formula is C12H14N4. The van der Waals surface area contributed by atoms with E-state index in [1.54, 1.807) is 18.6 Å². The summed E-state index contributed by atoms with van der Waals surface area (Å²) in [6, 6.07) is 8.10. The Labute approximate surface area is 94.5 Å². The van der Waals surface area contributed by atoms with Gasteiger partial charge in [0.15, 0.2) is 0 Å². The monoisotopic (exact) mass is 214 g/mol. The first-order valence-electron chi connectivity index (χ1n) is 5.17. The zero-order valence-corrected chi connectivity index (χ0v) is 8.93. The Morgan fingerprint density at radius 2 is 1.94 bits per heavy atom. The van der Waals surface area contributed by atoms with Crippen LogP contribution in [0.3, 0.4) is 0 Å². The van der Waals surface area contributed by atoms with Crippen molar-refractivity contribution in [2.75, 3.05) is 5.32 Å². The Kier molecular flexibility index (Phi) is 3.46. The number of hydrogen-bond acceptors (Lipinski definition) is 4. The Morgan fingerprint density at radius 3 is 2.62 bits per heavy atom. The molecular weight excluding hydrogens is 200 g/mol. The van der Waals surface area contributed by atoms with E-state index in [1.165, 1.54) is 5.56 Å². The van der Waals surface area contributed by atoms with E-state index in [0.717, 1.165) is 11.4 Å². The molecule has 0 saturated carbocycles. The van der Waals surface area contributed by atoms with E-state index in [9.17, 15) is 0 Å². The highest BCUT2D eigenvalue weighted by molar-refractivity contribution is 5.35. The number of nitrogens with two attached hydrogens (primary N) is 1. The van der Waals surface area contributed by atoms with Gasteiger partial charge in [0.2, 0.25) is 0 Å². The van der Waals surface area contributed by atoms with Crippen LogP contribution >= 0.6 is 0 Å². The van der Waals surface area contributed by atoms with Crippen LogP contribution in [0.5, 0.6) is 0 Å². The topological polar surface area (TPSA) is 63.8 Å². The number of nitrogens with one attached hydrogen (secondary N) is 1. The lowest BCUT2D eigenvalue weighted by Gasteiger charge is -2.08. The smallest absolute Gasteiger partial charge is 0.144 e. The van der Waals surface area contributed by atoms with E-state index in [4.69, 9.17) is 5.73 Å². The van der Waals surface area contributed by atoms with Crippen LogP contribution in [0.15, 0.2) is 42.9 Å². The lowest BCUT2D eigenvalue weighted by atomic mass is 10.1. The fourth-order valence-corrected chi connectivity index (χ4v) is 1.51. The van der Waals surface area contributed by atoms with Crippen molar-refractivity contribution in [1.82, 2.24) is 9.97 Å². The minimum Gasteiger partial charge on any atom is -0.365 e. The highest BCUT2D eigenvalue weighted by atomic mass is 15.0. The second-order valence-corrected chi connectivity index (χ2v) is 3.42. The van der Waals surface area contributed by atoms with Gasteiger partial charge in [-0.1, -0.05) is 24.3 Å². The third-order valence-electron chi connectivity index (χ3n) is 2.36. The molecule has 1 heterocycles. The quantitative estimate of drug-likeness (QED) is 0.810. The Bertz CT molecular complexity index is 442. The lowest BCUT2D eigenvalue weighted by Crippen LogP contribution is -2.07. The molecule has 0 amide bonds. The molecule has 0 unspecified atom stereocenters. The van der Waals surface area contributed by atoms with Crippen LogP contribution in [0.25, 0.3) is 0 Å². The summed E-state index contributed by atoms with van der Waals surface area (Å²) in [5.41, 5.74) is 8.01. The Morgan fingerprint density at radius 1 is 1.12 bits per heavy atom. The van der Waals surface area contributed by atoms with Crippen LogP contribution in [0, 0.1) is 0 Å². The van der Waals surface area contributed by atoms with Crippen molar-refractivity contribution in [3.8, 4) is 0 Å². The molecule has 2 rings (SSSR count). The molecule has 3 N–H and O–H groups in total. The number of nitrogens with zero attached hydrogens (tertiary/aromatic N) is 2. The van der Waals surface area contributed by atoms with Crippen molar-refractivity contribution in [2.45, 2.75) is 13.1 Å². The summed E-state index contributed by atoms with van der Waals surface area (Å²) in [6.07, 6.45) is 5.02. The number of anilines is 1. The van der Waals surface area contributed by atoms with Crippen LogP contribution in [0.4, 0.5) is 5.82 Å². The van der Waals surface area contributed by atoms with Crippen molar-refractivity contribution in [3.63, 3.8) is 0 Å². The summed E-state index contributed by atoms with van der Waals surface area (Å²) in [7, 11) is 0. The largest absolute Gasteiger partial charge is 0.365 e. The zero-order valence-electron chi connectivity index (χ0n) is 8.93. The van der Waals surface area contributed by atoms with Gasteiger partial charge in [-0.2, -0.15) is 0 Å². The fourth-order valence-electron chi connectivity index (χ4n) is 1.51. The summed E-state index contributed by atoms with van der Waals surface area (Å²) in [5.74, 6) is 0.773. The van der Waals surface area contributed by atoms with E-state index in [2.05, 4.69) is 21.4 Å². The van der Waals surface area contributed by atoms with Gasteiger partial charge in [0, 0.05) is 25.5 Å². The van der Waals surface area contributed by atoms with Gasteiger partial charge in [-0.15, -0.1) is 0 Å². The van der Waals surface area contributed by atoms with E-state index in [0.29, 0.717) is 13.1 Å². The molecule has 1 aromatic carbocycles. The van der Waals surface area contributed by atoms with E-state index in [1.807, 2.05) is 18.2 Å². The minimum absolute atomic E-state index is 0.554. The molecule has 0 radical (unpaired) electrons. The number of benzene rings is 1. The third kappa shape index (κ3) is 2.55. The third-order valence-corrected chi connectivity index (χ3v) is 2.36. The minimum atomic E-state index is 0.554. The first-order chi connectivity index (χ1) is 7.90. The van der Waals surface area contributed by atoms with Gasteiger partial charge in [-0.25, -0.2) is 4.98 Å². The Hall–Kier alpha value is -1.94. The summed E-state index contributed by atoms with van der Waals surface area (Å²) in [5, 5.41) is 3.21. The molecule has 1 aromatic heterocycles. The van der Waals surface area contributed by atoms with Gasteiger partial charge < -0.3 is 11.1 Å². The molecule has 2 aromatic rings. The molecule has 0 saturated heterocycles. The second-order valence-electron chi connectivity index (χ2n) is 3.42.